The fraction of sp³-hybridized carbons (Fsp3) is 0.125. The van der Waals surface area contributed by atoms with Gasteiger partial charge in [0.15, 0.2) is 0 Å². The van der Waals surface area contributed by atoms with E-state index in [4.69, 9.17) is 15.4 Å². The molecule has 5 nitrogen and oxygen atoms in total. The molecule has 1 heterocycles. The second-order valence-corrected chi connectivity index (χ2v) is 5.41. The van der Waals surface area contributed by atoms with E-state index in [1.807, 2.05) is 0 Å². The number of carbonyl (C=O) groups excluding carboxylic acids is 1. The summed E-state index contributed by atoms with van der Waals surface area (Å²) in [6.07, 6.45) is -0.802. The number of benzene rings is 1. The van der Waals surface area contributed by atoms with Crippen molar-refractivity contribution in [2.75, 3.05) is 0 Å². The maximum Gasteiger partial charge on any atom is 0.514 e. The highest BCUT2D eigenvalue weighted by Gasteiger charge is 2.20. The molecule has 0 amide bonds. The first-order chi connectivity index (χ1) is 6.97. The van der Waals surface area contributed by atoms with E-state index in [9.17, 15) is 13.2 Å². The van der Waals surface area contributed by atoms with E-state index in [1.165, 1.54) is 18.2 Å². The van der Waals surface area contributed by atoms with Gasteiger partial charge in [0.2, 0.25) is 0 Å². The molecule has 80 valence electrons. The van der Waals surface area contributed by atoms with Gasteiger partial charge in [-0.2, -0.15) is 0 Å². The second kappa shape index (κ2) is 3.39. The normalized spacial score (nSPS) is 15.1. The molecule has 0 fully saturated rings. The van der Waals surface area contributed by atoms with Gasteiger partial charge in [0.25, 0.3) is 9.05 Å². The minimum absolute atomic E-state index is 0.0194. The first kappa shape index (κ1) is 10.3. The molecule has 1 aliphatic rings. The quantitative estimate of drug-likeness (QED) is 0.429. The maximum atomic E-state index is 11.0. The van der Waals surface area contributed by atoms with Crippen LogP contribution in [0.5, 0.6) is 5.75 Å². The van der Waals surface area contributed by atoms with Crippen LogP contribution in [0.3, 0.4) is 0 Å². The summed E-state index contributed by atoms with van der Waals surface area (Å²) in [5.41, 5.74) is 0.469. The van der Waals surface area contributed by atoms with E-state index in [2.05, 4.69) is 4.74 Å². The van der Waals surface area contributed by atoms with Crippen LogP contribution in [0, 0.1) is 0 Å². The average Bonchev–Trinajstić information content (AvgIpc) is 2.15. The Labute approximate surface area is 90.0 Å². The van der Waals surface area contributed by atoms with Crippen molar-refractivity contribution in [1.82, 2.24) is 0 Å². The van der Waals surface area contributed by atoms with Crippen LogP contribution in [0.2, 0.25) is 0 Å². The van der Waals surface area contributed by atoms with Crippen molar-refractivity contribution >= 4 is 25.9 Å². The van der Waals surface area contributed by atoms with Gasteiger partial charge < -0.3 is 9.47 Å². The number of ether oxygens (including phenoxy) is 2. The van der Waals surface area contributed by atoms with Gasteiger partial charge in [-0.25, -0.2) is 13.2 Å². The highest BCUT2D eigenvalue weighted by molar-refractivity contribution is 8.13. The molecule has 2 rings (SSSR count). The molecule has 0 radical (unpaired) electrons. The summed E-state index contributed by atoms with van der Waals surface area (Å²) < 4.78 is 31.3. The first-order valence-electron chi connectivity index (χ1n) is 3.89. The van der Waals surface area contributed by atoms with Crippen LogP contribution >= 0.6 is 10.7 Å². The minimum atomic E-state index is -3.77. The average molecular weight is 249 g/mol. The molecule has 0 saturated heterocycles. The van der Waals surface area contributed by atoms with Crippen molar-refractivity contribution in [2.24, 2.45) is 0 Å². The Kier molecular flexibility index (Phi) is 2.32. The zero-order chi connectivity index (χ0) is 11.1. The molecule has 0 bridgehead atoms. The lowest BCUT2D eigenvalue weighted by atomic mass is 10.2. The summed E-state index contributed by atoms with van der Waals surface area (Å²) in [6.45, 7) is -0.0194. The largest absolute Gasteiger partial charge is 0.514 e. The maximum absolute atomic E-state index is 11.0. The number of fused-ring (bicyclic) bond motifs is 1. The first-order valence-corrected chi connectivity index (χ1v) is 6.20. The van der Waals surface area contributed by atoms with E-state index in [0.29, 0.717) is 5.56 Å². The van der Waals surface area contributed by atoms with Gasteiger partial charge in [-0.3, -0.25) is 0 Å². The molecule has 0 N–H and O–H groups in total. The molecule has 1 aromatic carbocycles. The lowest BCUT2D eigenvalue weighted by molar-refractivity contribution is 0.0784. The Bertz CT molecular complexity index is 522. The molecular formula is C8H5ClO5S. The molecule has 0 spiro atoms. The second-order valence-electron chi connectivity index (χ2n) is 2.85. The topological polar surface area (TPSA) is 69.7 Å². The lowest BCUT2D eigenvalue weighted by Gasteiger charge is -2.15. The van der Waals surface area contributed by atoms with Crippen molar-refractivity contribution < 1.29 is 22.7 Å². The summed E-state index contributed by atoms with van der Waals surface area (Å²) in [7, 11) is 1.38. The highest BCUT2D eigenvalue weighted by Crippen LogP contribution is 2.28. The van der Waals surface area contributed by atoms with Crippen molar-refractivity contribution in [3.05, 3.63) is 23.8 Å². The van der Waals surface area contributed by atoms with Crippen LogP contribution in [0.1, 0.15) is 5.56 Å². The van der Waals surface area contributed by atoms with Crippen LogP contribution in [0.4, 0.5) is 4.79 Å². The third kappa shape index (κ3) is 2.05. The lowest BCUT2D eigenvalue weighted by Crippen LogP contribution is -2.17. The Morgan fingerprint density at radius 2 is 2.07 bits per heavy atom. The molecule has 0 unspecified atom stereocenters. The van der Waals surface area contributed by atoms with E-state index in [-0.39, 0.29) is 17.3 Å². The monoisotopic (exact) mass is 248 g/mol. The van der Waals surface area contributed by atoms with E-state index >= 15 is 0 Å². The predicted molar refractivity (Wildman–Crippen MR) is 50.3 cm³/mol. The van der Waals surface area contributed by atoms with Gasteiger partial charge in [0, 0.05) is 16.2 Å². The zero-order valence-corrected chi connectivity index (χ0v) is 8.84. The molecule has 1 aliphatic heterocycles. The Morgan fingerprint density at radius 1 is 1.33 bits per heavy atom. The molecular weight excluding hydrogens is 244 g/mol. The molecule has 0 saturated carbocycles. The van der Waals surface area contributed by atoms with Crippen molar-refractivity contribution in [3.8, 4) is 5.75 Å². The summed E-state index contributed by atoms with van der Waals surface area (Å²) in [5, 5.41) is 0. The molecule has 15 heavy (non-hydrogen) atoms. The Hall–Kier alpha value is -1.27. The number of halogens is 1. The van der Waals surface area contributed by atoms with Crippen LogP contribution < -0.4 is 4.74 Å². The standard InChI is InChI=1S/C8H5ClO5S/c9-15(11,12)6-1-2-7-5(3-6)4-13-8(10)14-7/h1-3H,4H2. The summed E-state index contributed by atoms with van der Waals surface area (Å²) in [6, 6.07) is 3.94. The number of carbonyl (C=O) groups is 1. The zero-order valence-electron chi connectivity index (χ0n) is 7.27. The smallest absolute Gasteiger partial charge is 0.429 e. The molecule has 7 heteroatoms. The molecule has 1 aromatic rings. The Balaban J connectivity index is 2.48. The van der Waals surface area contributed by atoms with Crippen LogP contribution in [0.25, 0.3) is 0 Å². The predicted octanol–water partition coefficient (Wildman–Crippen LogP) is 1.64. The van der Waals surface area contributed by atoms with E-state index < -0.39 is 15.2 Å². The van der Waals surface area contributed by atoms with Gasteiger partial charge in [0.05, 0.1) is 4.90 Å². The third-order valence-electron chi connectivity index (χ3n) is 1.85. The Morgan fingerprint density at radius 3 is 2.73 bits per heavy atom. The summed E-state index contributed by atoms with van der Waals surface area (Å²) >= 11 is 0. The van der Waals surface area contributed by atoms with Crippen LogP contribution in [-0.2, 0) is 20.4 Å². The van der Waals surface area contributed by atoms with Crippen molar-refractivity contribution in [1.29, 1.82) is 0 Å². The SMILES string of the molecule is O=C1OCc2cc(S(=O)(=O)Cl)ccc2O1. The van der Waals surface area contributed by atoms with Gasteiger partial charge in [0.1, 0.15) is 12.4 Å². The molecule has 0 aromatic heterocycles. The van der Waals surface area contributed by atoms with Gasteiger partial charge in [-0.1, -0.05) is 0 Å². The summed E-state index contributed by atoms with van der Waals surface area (Å²) in [4.78, 5) is 10.7. The summed E-state index contributed by atoms with van der Waals surface area (Å²) in [5.74, 6) is 0.287. The minimum Gasteiger partial charge on any atom is -0.429 e. The van der Waals surface area contributed by atoms with Crippen molar-refractivity contribution in [3.63, 3.8) is 0 Å². The van der Waals surface area contributed by atoms with E-state index in [1.54, 1.807) is 0 Å². The molecule has 0 atom stereocenters. The third-order valence-corrected chi connectivity index (χ3v) is 3.20. The number of hydrogen-bond donors (Lipinski definition) is 0. The van der Waals surface area contributed by atoms with Crippen molar-refractivity contribution in [2.45, 2.75) is 11.5 Å². The number of cyclic esters (lactones) is 1. The van der Waals surface area contributed by atoms with Gasteiger partial charge >= 0.3 is 6.16 Å². The van der Waals surface area contributed by atoms with Gasteiger partial charge in [-0.15, -0.1) is 0 Å². The van der Waals surface area contributed by atoms with E-state index in [0.717, 1.165) is 0 Å². The molecule has 0 aliphatic carbocycles. The fourth-order valence-electron chi connectivity index (χ4n) is 1.18. The highest BCUT2D eigenvalue weighted by atomic mass is 35.7. The van der Waals surface area contributed by atoms with Crippen LogP contribution in [-0.4, -0.2) is 14.6 Å². The van der Waals surface area contributed by atoms with Crippen LogP contribution in [0.15, 0.2) is 23.1 Å². The number of hydrogen-bond acceptors (Lipinski definition) is 5. The fourth-order valence-corrected chi connectivity index (χ4v) is 1.98. The van der Waals surface area contributed by atoms with Gasteiger partial charge in [-0.05, 0) is 18.2 Å². The number of rotatable bonds is 1.